The Bertz CT molecular complexity index is 985. The van der Waals surface area contributed by atoms with Gasteiger partial charge in [0.2, 0.25) is 0 Å². The van der Waals surface area contributed by atoms with Crippen molar-refractivity contribution in [3.63, 3.8) is 0 Å². The van der Waals surface area contributed by atoms with E-state index in [1.165, 1.54) is 6.07 Å². The molecule has 0 aliphatic rings. The van der Waals surface area contributed by atoms with Crippen LogP contribution in [0.25, 0.3) is 0 Å². The second kappa shape index (κ2) is 7.91. The van der Waals surface area contributed by atoms with Gasteiger partial charge in [-0.25, -0.2) is 0 Å². The van der Waals surface area contributed by atoms with Crippen LogP contribution in [-0.2, 0) is 0 Å². The summed E-state index contributed by atoms with van der Waals surface area (Å²) in [5.41, 5.74) is 2.73. The predicted octanol–water partition coefficient (Wildman–Crippen LogP) is 5.87. The minimum Gasteiger partial charge on any atom is -0.322 e. The molecule has 2 amide bonds. The third-order valence-corrected chi connectivity index (χ3v) is 5.08. The number of carbonyl (C=O) groups excluding carboxylic acids is 2. The van der Waals surface area contributed by atoms with Crippen LogP contribution < -0.4 is 10.6 Å². The number of amides is 2. The van der Waals surface area contributed by atoms with Crippen molar-refractivity contribution in [2.24, 2.45) is 0 Å². The Morgan fingerprint density at radius 2 is 1.62 bits per heavy atom. The lowest BCUT2D eigenvalue weighted by molar-refractivity contribution is 0.102. The van der Waals surface area contributed by atoms with Crippen molar-refractivity contribution in [3.8, 4) is 0 Å². The summed E-state index contributed by atoms with van der Waals surface area (Å²) in [5.74, 6) is -0.741. The van der Waals surface area contributed by atoms with E-state index in [0.29, 0.717) is 25.6 Å². The molecule has 1 aromatic heterocycles. The van der Waals surface area contributed by atoms with Crippen LogP contribution in [0.1, 0.15) is 26.3 Å². The van der Waals surface area contributed by atoms with Gasteiger partial charge in [-0.05, 0) is 42.8 Å². The summed E-state index contributed by atoms with van der Waals surface area (Å²) >= 11 is 13.0. The zero-order valence-corrected chi connectivity index (χ0v) is 16.0. The summed E-state index contributed by atoms with van der Waals surface area (Å²) < 4.78 is 0.722. The van der Waals surface area contributed by atoms with Gasteiger partial charge in [0, 0.05) is 5.69 Å². The second-order valence-corrected chi connectivity index (χ2v) is 7.85. The normalized spacial score (nSPS) is 10.4. The van der Waals surface area contributed by atoms with Gasteiger partial charge in [0.1, 0.15) is 4.34 Å². The van der Waals surface area contributed by atoms with Crippen LogP contribution in [0.4, 0.5) is 11.4 Å². The number of aryl methyl sites for hydroxylation is 1. The fourth-order valence-corrected chi connectivity index (χ4v) is 3.85. The van der Waals surface area contributed by atoms with Gasteiger partial charge in [-0.1, -0.05) is 47.5 Å². The minimum atomic E-state index is -0.422. The SMILES string of the molecule is Cc1cccc(NC(=O)c2ccccc2NC(=O)c2cc(Cl)sc2Cl)c1. The number of halogens is 2. The van der Waals surface area contributed by atoms with Crippen molar-refractivity contribution < 1.29 is 9.59 Å². The van der Waals surface area contributed by atoms with E-state index in [1.54, 1.807) is 30.3 Å². The first kappa shape index (κ1) is 18.5. The summed E-state index contributed by atoms with van der Waals surface area (Å²) in [6, 6.07) is 15.7. The van der Waals surface area contributed by atoms with E-state index in [-0.39, 0.29) is 11.5 Å². The second-order valence-electron chi connectivity index (χ2n) is 5.56. The number of carbonyl (C=O) groups is 2. The van der Waals surface area contributed by atoms with E-state index in [1.807, 2.05) is 25.1 Å². The fourth-order valence-electron chi connectivity index (χ4n) is 2.40. The Hall–Kier alpha value is -2.34. The predicted molar refractivity (Wildman–Crippen MR) is 108 cm³/mol. The van der Waals surface area contributed by atoms with E-state index in [4.69, 9.17) is 23.2 Å². The molecule has 0 radical (unpaired) electrons. The van der Waals surface area contributed by atoms with Crippen molar-refractivity contribution in [3.05, 3.63) is 80.0 Å². The van der Waals surface area contributed by atoms with Crippen molar-refractivity contribution in [2.45, 2.75) is 6.92 Å². The van der Waals surface area contributed by atoms with Gasteiger partial charge in [-0.2, -0.15) is 0 Å². The summed E-state index contributed by atoms with van der Waals surface area (Å²) in [6.07, 6.45) is 0. The van der Waals surface area contributed by atoms with E-state index in [9.17, 15) is 9.59 Å². The lowest BCUT2D eigenvalue weighted by atomic mass is 10.1. The van der Waals surface area contributed by atoms with Crippen LogP contribution in [0.5, 0.6) is 0 Å². The van der Waals surface area contributed by atoms with Crippen molar-refractivity contribution in [2.75, 3.05) is 10.6 Å². The van der Waals surface area contributed by atoms with Crippen LogP contribution in [-0.4, -0.2) is 11.8 Å². The highest BCUT2D eigenvalue weighted by Gasteiger charge is 2.18. The molecular weight excluding hydrogens is 391 g/mol. The van der Waals surface area contributed by atoms with Gasteiger partial charge in [-0.15, -0.1) is 11.3 Å². The molecule has 3 rings (SSSR count). The average Bonchev–Trinajstić information content (AvgIpc) is 2.94. The molecule has 26 heavy (non-hydrogen) atoms. The lowest BCUT2D eigenvalue weighted by Gasteiger charge is -2.11. The standard InChI is InChI=1S/C19H14Cl2N2O2S/c1-11-5-4-6-12(9-11)22-18(24)13-7-2-3-8-15(13)23-19(25)14-10-16(20)26-17(14)21/h2-10H,1H3,(H,22,24)(H,23,25). The third kappa shape index (κ3) is 4.25. The van der Waals surface area contributed by atoms with E-state index < -0.39 is 5.91 Å². The number of nitrogens with one attached hydrogen (secondary N) is 2. The molecule has 1 heterocycles. The van der Waals surface area contributed by atoms with E-state index in [0.717, 1.165) is 16.9 Å². The van der Waals surface area contributed by atoms with Crippen LogP contribution >= 0.6 is 34.5 Å². The molecule has 0 bridgehead atoms. The zero-order chi connectivity index (χ0) is 18.7. The molecule has 4 nitrogen and oxygen atoms in total. The number of thiophene rings is 1. The van der Waals surface area contributed by atoms with Crippen LogP contribution in [0, 0.1) is 6.92 Å². The molecule has 0 aliphatic carbocycles. The Morgan fingerprint density at radius 1 is 0.885 bits per heavy atom. The van der Waals surface area contributed by atoms with Gasteiger partial charge in [0.25, 0.3) is 11.8 Å². The molecule has 0 unspecified atom stereocenters. The zero-order valence-electron chi connectivity index (χ0n) is 13.7. The molecule has 0 aliphatic heterocycles. The number of anilines is 2. The summed E-state index contributed by atoms with van der Waals surface area (Å²) in [4.78, 5) is 25.1. The molecule has 3 aromatic rings. The lowest BCUT2D eigenvalue weighted by Crippen LogP contribution is -2.18. The Balaban J connectivity index is 1.82. The maximum Gasteiger partial charge on any atom is 0.258 e. The maximum atomic E-state index is 12.6. The molecule has 7 heteroatoms. The third-order valence-electron chi connectivity index (χ3n) is 3.60. The fraction of sp³-hybridized carbons (Fsp3) is 0.0526. The largest absolute Gasteiger partial charge is 0.322 e. The molecule has 0 spiro atoms. The van der Waals surface area contributed by atoms with Crippen LogP contribution in [0.2, 0.25) is 8.67 Å². The summed E-state index contributed by atoms with van der Waals surface area (Å²) in [7, 11) is 0. The highest BCUT2D eigenvalue weighted by atomic mass is 35.5. The highest BCUT2D eigenvalue weighted by Crippen LogP contribution is 2.32. The first-order chi connectivity index (χ1) is 12.4. The van der Waals surface area contributed by atoms with Crippen molar-refractivity contribution >= 4 is 57.7 Å². The number of hydrogen-bond acceptors (Lipinski definition) is 3. The number of hydrogen-bond donors (Lipinski definition) is 2. The Morgan fingerprint density at radius 3 is 2.31 bits per heavy atom. The molecule has 0 saturated carbocycles. The van der Waals surface area contributed by atoms with Crippen LogP contribution in [0.3, 0.4) is 0 Å². The number of rotatable bonds is 4. The van der Waals surface area contributed by atoms with Gasteiger partial charge in [0.05, 0.1) is 21.2 Å². The van der Waals surface area contributed by atoms with Gasteiger partial charge in [0.15, 0.2) is 0 Å². The molecule has 0 atom stereocenters. The summed E-state index contributed by atoms with van der Waals surface area (Å²) in [6.45, 7) is 1.94. The van der Waals surface area contributed by atoms with Crippen molar-refractivity contribution in [1.82, 2.24) is 0 Å². The number of para-hydroxylation sites is 1. The molecule has 0 fully saturated rings. The average molecular weight is 405 g/mol. The van der Waals surface area contributed by atoms with Gasteiger partial charge in [-0.3, -0.25) is 9.59 Å². The Labute approximate surface area is 164 Å². The molecule has 2 aromatic carbocycles. The number of benzene rings is 2. The van der Waals surface area contributed by atoms with Crippen LogP contribution in [0.15, 0.2) is 54.6 Å². The maximum absolute atomic E-state index is 12.6. The molecular formula is C19H14Cl2N2O2S. The smallest absolute Gasteiger partial charge is 0.258 e. The summed E-state index contributed by atoms with van der Waals surface area (Å²) in [5, 5.41) is 5.56. The van der Waals surface area contributed by atoms with Gasteiger partial charge < -0.3 is 10.6 Å². The topological polar surface area (TPSA) is 58.2 Å². The molecule has 132 valence electrons. The first-order valence-corrected chi connectivity index (χ1v) is 9.24. The van der Waals surface area contributed by atoms with E-state index in [2.05, 4.69) is 10.6 Å². The highest BCUT2D eigenvalue weighted by molar-refractivity contribution is 7.20. The molecule has 2 N–H and O–H groups in total. The molecule has 0 saturated heterocycles. The quantitative estimate of drug-likeness (QED) is 0.571. The monoisotopic (exact) mass is 404 g/mol. The van der Waals surface area contributed by atoms with Crippen molar-refractivity contribution in [1.29, 1.82) is 0 Å². The van der Waals surface area contributed by atoms with Gasteiger partial charge >= 0.3 is 0 Å². The first-order valence-electron chi connectivity index (χ1n) is 7.67. The Kier molecular flexibility index (Phi) is 5.61. The van der Waals surface area contributed by atoms with E-state index >= 15 is 0 Å². The minimum absolute atomic E-state index is 0.274.